The van der Waals surface area contributed by atoms with Crippen molar-refractivity contribution in [3.8, 4) is 11.3 Å². The van der Waals surface area contributed by atoms with Gasteiger partial charge in [0.1, 0.15) is 5.76 Å². The number of carbonyl (C=O) groups excluding carboxylic acids is 1. The van der Waals surface area contributed by atoms with Gasteiger partial charge in [0.25, 0.3) is 5.91 Å². The van der Waals surface area contributed by atoms with Gasteiger partial charge in [0, 0.05) is 24.7 Å². The zero-order chi connectivity index (χ0) is 15.8. The van der Waals surface area contributed by atoms with Gasteiger partial charge < -0.3 is 14.6 Å². The number of furan rings is 1. The first-order chi connectivity index (χ1) is 11.2. The third-order valence-electron chi connectivity index (χ3n) is 4.93. The van der Waals surface area contributed by atoms with Crippen LogP contribution in [0.3, 0.4) is 0 Å². The summed E-state index contributed by atoms with van der Waals surface area (Å²) in [5.41, 5.74) is 2.18. The molecule has 3 unspecified atom stereocenters. The summed E-state index contributed by atoms with van der Waals surface area (Å²) in [6, 6.07) is 12.0. The molecule has 1 amide bonds. The molecule has 0 radical (unpaired) electrons. The molecule has 4 heteroatoms. The molecule has 4 nitrogen and oxygen atoms in total. The highest BCUT2D eigenvalue weighted by Gasteiger charge is 2.33. The largest absolute Gasteiger partial charge is 0.451 e. The number of carbonyl (C=O) groups is 1. The minimum Gasteiger partial charge on any atom is -0.451 e. The number of piperidine rings is 1. The van der Waals surface area contributed by atoms with Crippen LogP contribution in [0.15, 0.2) is 40.8 Å². The Morgan fingerprint density at radius 3 is 3.00 bits per heavy atom. The van der Waals surface area contributed by atoms with E-state index in [1.807, 2.05) is 31.2 Å². The average molecular weight is 310 g/mol. The maximum absolute atomic E-state index is 12.4. The smallest absolute Gasteiger partial charge is 0.287 e. The minimum atomic E-state index is -0.101. The van der Waals surface area contributed by atoms with E-state index in [2.05, 4.69) is 16.3 Å². The van der Waals surface area contributed by atoms with Crippen molar-refractivity contribution in [3.05, 3.63) is 47.7 Å². The van der Waals surface area contributed by atoms with Crippen LogP contribution in [0.25, 0.3) is 11.3 Å². The molecule has 3 heterocycles. The first-order valence-electron chi connectivity index (χ1n) is 8.37. The first kappa shape index (κ1) is 14.5. The summed E-state index contributed by atoms with van der Waals surface area (Å²) in [7, 11) is 0. The van der Waals surface area contributed by atoms with E-state index in [1.54, 1.807) is 6.07 Å². The summed E-state index contributed by atoms with van der Waals surface area (Å²) in [5, 5.41) is 3.14. The fourth-order valence-corrected chi connectivity index (χ4v) is 3.83. The number of benzene rings is 1. The summed E-state index contributed by atoms with van der Waals surface area (Å²) in [6.45, 7) is 5.39. The van der Waals surface area contributed by atoms with Crippen LogP contribution in [0, 0.1) is 12.8 Å². The normalized spacial score (nSPS) is 26.2. The van der Waals surface area contributed by atoms with E-state index >= 15 is 0 Å². The molecule has 0 aliphatic carbocycles. The molecule has 2 aliphatic rings. The number of amides is 1. The third kappa shape index (κ3) is 3.04. The molecule has 0 spiro atoms. The number of fused-ring (bicyclic) bond motifs is 2. The van der Waals surface area contributed by atoms with Gasteiger partial charge in [0.05, 0.1) is 0 Å². The zero-order valence-corrected chi connectivity index (χ0v) is 13.4. The van der Waals surface area contributed by atoms with Gasteiger partial charge in [-0.3, -0.25) is 4.79 Å². The Bertz CT molecular complexity index is 710. The molecule has 1 aromatic carbocycles. The maximum atomic E-state index is 12.4. The molecule has 0 saturated carbocycles. The van der Waals surface area contributed by atoms with Crippen molar-refractivity contribution in [2.24, 2.45) is 5.92 Å². The highest BCUT2D eigenvalue weighted by Crippen LogP contribution is 2.27. The molecule has 1 N–H and O–H groups in total. The Kier molecular flexibility index (Phi) is 3.69. The Morgan fingerprint density at radius 2 is 2.17 bits per heavy atom. The number of hydrogen-bond donors (Lipinski definition) is 1. The van der Waals surface area contributed by atoms with Crippen LogP contribution in [-0.4, -0.2) is 36.5 Å². The van der Waals surface area contributed by atoms with Crippen LogP contribution in [0.5, 0.6) is 0 Å². The van der Waals surface area contributed by atoms with Gasteiger partial charge in [-0.05, 0) is 50.4 Å². The van der Waals surface area contributed by atoms with Crippen LogP contribution in [-0.2, 0) is 0 Å². The van der Waals surface area contributed by atoms with Crippen molar-refractivity contribution in [2.75, 3.05) is 19.6 Å². The van der Waals surface area contributed by atoms with Crippen LogP contribution in [0.4, 0.5) is 0 Å². The molecule has 4 rings (SSSR count). The maximum Gasteiger partial charge on any atom is 0.287 e. The number of aryl methyl sites for hydroxylation is 1. The van der Waals surface area contributed by atoms with Crippen molar-refractivity contribution in [2.45, 2.75) is 25.8 Å². The molecule has 1 aromatic heterocycles. The summed E-state index contributed by atoms with van der Waals surface area (Å²) < 4.78 is 5.77. The number of rotatable bonds is 3. The quantitative estimate of drug-likeness (QED) is 0.947. The molecule has 2 aliphatic heterocycles. The average Bonchev–Trinajstić information content (AvgIpc) is 3.14. The second-order valence-electron chi connectivity index (χ2n) is 6.85. The van der Waals surface area contributed by atoms with E-state index in [0.29, 0.717) is 5.76 Å². The Hall–Kier alpha value is -2.07. The van der Waals surface area contributed by atoms with Crippen molar-refractivity contribution < 1.29 is 9.21 Å². The van der Waals surface area contributed by atoms with Gasteiger partial charge in [-0.25, -0.2) is 0 Å². The predicted octanol–water partition coefficient (Wildman–Crippen LogP) is 3.08. The van der Waals surface area contributed by atoms with Crippen molar-refractivity contribution in [1.82, 2.24) is 10.2 Å². The SMILES string of the molecule is Cc1cccc(-c2ccc(C(=O)NC3CC4CCN(C4)C3)o2)c1. The first-order valence-corrected chi connectivity index (χ1v) is 8.37. The minimum absolute atomic E-state index is 0.101. The zero-order valence-electron chi connectivity index (χ0n) is 13.4. The van der Waals surface area contributed by atoms with E-state index in [1.165, 1.54) is 25.1 Å². The fraction of sp³-hybridized carbons (Fsp3) is 0.421. The van der Waals surface area contributed by atoms with Crippen molar-refractivity contribution in [1.29, 1.82) is 0 Å². The molecule has 2 saturated heterocycles. The lowest BCUT2D eigenvalue weighted by Crippen LogP contribution is -2.46. The summed E-state index contributed by atoms with van der Waals surface area (Å²) in [5.74, 6) is 1.78. The van der Waals surface area contributed by atoms with E-state index in [4.69, 9.17) is 4.42 Å². The lowest BCUT2D eigenvalue weighted by atomic mass is 9.97. The lowest BCUT2D eigenvalue weighted by Gasteiger charge is -2.30. The van der Waals surface area contributed by atoms with E-state index in [-0.39, 0.29) is 11.9 Å². The van der Waals surface area contributed by atoms with Gasteiger partial charge in [-0.15, -0.1) is 0 Å². The van der Waals surface area contributed by atoms with Gasteiger partial charge in [-0.2, -0.15) is 0 Å². The summed E-state index contributed by atoms with van der Waals surface area (Å²) in [4.78, 5) is 14.9. The Labute approximate surface area is 136 Å². The molecule has 2 aromatic rings. The van der Waals surface area contributed by atoms with E-state index < -0.39 is 0 Å². The van der Waals surface area contributed by atoms with E-state index in [9.17, 15) is 4.79 Å². The second kappa shape index (κ2) is 5.85. The van der Waals surface area contributed by atoms with Gasteiger partial charge in [0.2, 0.25) is 0 Å². The van der Waals surface area contributed by atoms with Gasteiger partial charge in [-0.1, -0.05) is 23.8 Å². The van der Waals surface area contributed by atoms with Crippen molar-refractivity contribution in [3.63, 3.8) is 0 Å². The molecular formula is C19H22N2O2. The molecule has 2 fully saturated rings. The van der Waals surface area contributed by atoms with Gasteiger partial charge >= 0.3 is 0 Å². The number of nitrogens with zero attached hydrogens (tertiary/aromatic N) is 1. The number of nitrogens with one attached hydrogen (secondary N) is 1. The fourth-order valence-electron chi connectivity index (χ4n) is 3.83. The monoisotopic (exact) mass is 310 g/mol. The molecule has 3 atom stereocenters. The highest BCUT2D eigenvalue weighted by molar-refractivity contribution is 5.92. The highest BCUT2D eigenvalue weighted by atomic mass is 16.3. The van der Waals surface area contributed by atoms with Crippen LogP contribution < -0.4 is 5.32 Å². The lowest BCUT2D eigenvalue weighted by molar-refractivity contribution is 0.0882. The summed E-state index contributed by atoms with van der Waals surface area (Å²) in [6.07, 6.45) is 2.36. The Morgan fingerprint density at radius 1 is 1.26 bits per heavy atom. The molecule has 120 valence electrons. The van der Waals surface area contributed by atoms with Crippen LogP contribution in [0.2, 0.25) is 0 Å². The molecule has 2 bridgehead atoms. The van der Waals surface area contributed by atoms with E-state index in [0.717, 1.165) is 30.2 Å². The predicted molar refractivity (Wildman–Crippen MR) is 89.3 cm³/mol. The topological polar surface area (TPSA) is 45.5 Å². The van der Waals surface area contributed by atoms with Crippen LogP contribution >= 0.6 is 0 Å². The number of hydrogen-bond acceptors (Lipinski definition) is 3. The summed E-state index contributed by atoms with van der Waals surface area (Å²) >= 11 is 0. The molecular weight excluding hydrogens is 288 g/mol. The Balaban J connectivity index is 1.45. The molecule has 23 heavy (non-hydrogen) atoms. The third-order valence-corrected chi connectivity index (χ3v) is 4.93. The van der Waals surface area contributed by atoms with Crippen molar-refractivity contribution >= 4 is 5.91 Å². The van der Waals surface area contributed by atoms with Gasteiger partial charge in [0.15, 0.2) is 5.76 Å². The van der Waals surface area contributed by atoms with Crippen LogP contribution in [0.1, 0.15) is 29.0 Å². The second-order valence-corrected chi connectivity index (χ2v) is 6.85. The standard InChI is InChI=1S/C19H22N2O2/c1-13-3-2-4-15(9-13)17-5-6-18(23-17)19(22)20-16-10-14-7-8-21(11-14)12-16/h2-6,9,14,16H,7-8,10-12H2,1H3,(H,20,22).